The number of nitrogens with zero attached hydrogens (tertiary/aromatic N) is 3. The van der Waals surface area contributed by atoms with E-state index in [9.17, 15) is 9.59 Å². The molecule has 3 rings (SSSR count). The molecule has 1 heterocycles. The predicted molar refractivity (Wildman–Crippen MR) is 121 cm³/mol. The lowest BCUT2D eigenvalue weighted by Crippen LogP contribution is -2.58. The minimum Gasteiger partial charge on any atom is -0.344 e. The second-order valence-corrected chi connectivity index (χ2v) is 8.98. The van der Waals surface area contributed by atoms with Crippen LogP contribution < -0.4 is 0 Å². The lowest BCUT2D eigenvalue weighted by Gasteiger charge is -2.42. The molecule has 2 amide bonds. The number of amides is 2. The van der Waals surface area contributed by atoms with Gasteiger partial charge in [-0.1, -0.05) is 57.0 Å². The Kier molecular flexibility index (Phi) is 8.32. The highest BCUT2D eigenvalue weighted by Crippen LogP contribution is 2.32. The van der Waals surface area contributed by atoms with Crippen LogP contribution in [0.15, 0.2) is 30.3 Å². The fourth-order valence-corrected chi connectivity index (χ4v) is 5.28. The van der Waals surface area contributed by atoms with Crippen LogP contribution in [0.1, 0.15) is 63.9 Å². The van der Waals surface area contributed by atoms with Crippen molar-refractivity contribution in [3.05, 3.63) is 35.9 Å². The molecule has 1 saturated carbocycles. The molecule has 0 radical (unpaired) electrons. The quantitative estimate of drug-likeness (QED) is 0.652. The number of benzene rings is 1. The zero-order valence-electron chi connectivity index (χ0n) is 19.1. The summed E-state index contributed by atoms with van der Waals surface area (Å²) in [5.74, 6) is 0.905. The van der Waals surface area contributed by atoms with Crippen molar-refractivity contribution in [2.45, 2.75) is 64.3 Å². The molecule has 2 fully saturated rings. The van der Waals surface area contributed by atoms with Crippen LogP contribution in [0.3, 0.4) is 0 Å². The Hall–Kier alpha value is -1.88. The Morgan fingerprint density at radius 1 is 1.03 bits per heavy atom. The van der Waals surface area contributed by atoms with Gasteiger partial charge in [0.05, 0.1) is 12.0 Å². The maximum absolute atomic E-state index is 13.3. The Bertz CT molecular complexity index is 679. The van der Waals surface area contributed by atoms with Crippen molar-refractivity contribution < 1.29 is 9.59 Å². The lowest BCUT2D eigenvalue weighted by atomic mass is 9.93. The average molecular weight is 414 g/mol. The molecule has 5 heteroatoms. The zero-order valence-corrected chi connectivity index (χ0v) is 19.1. The highest BCUT2D eigenvalue weighted by atomic mass is 16.2. The number of likely N-dealkylation sites (N-methyl/N-ethyl adjacent to an activating group) is 1. The molecule has 1 aromatic rings. The smallest absolute Gasteiger partial charge is 0.239 e. The Morgan fingerprint density at radius 3 is 2.23 bits per heavy atom. The molecule has 5 nitrogen and oxygen atoms in total. The van der Waals surface area contributed by atoms with Gasteiger partial charge in [-0.15, -0.1) is 0 Å². The van der Waals surface area contributed by atoms with E-state index in [1.165, 1.54) is 12.8 Å². The number of piperazine rings is 1. The van der Waals surface area contributed by atoms with Crippen LogP contribution in [0.5, 0.6) is 0 Å². The first-order chi connectivity index (χ1) is 14.6. The molecule has 0 aromatic heterocycles. The first kappa shape index (κ1) is 22.8. The second-order valence-electron chi connectivity index (χ2n) is 8.98. The van der Waals surface area contributed by atoms with Gasteiger partial charge in [0.25, 0.3) is 0 Å². The summed E-state index contributed by atoms with van der Waals surface area (Å²) < 4.78 is 0. The first-order valence-electron chi connectivity index (χ1n) is 11.9. The lowest BCUT2D eigenvalue weighted by molar-refractivity contribution is -0.141. The molecule has 166 valence electrons. The van der Waals surface area contributed by atoms with Gasteiger partial charge in [-0.3, -0.25) is 14.5 Å². The fraction of sp³-hybridized carbons (Fsp3) is 0.680. The topological polar surface area (TPSA) is 43.9 Å². The van der Waals surface area contributed by atoms with Crippen molar-refractivity contribution in [1.29, 1.82) is 0 Å². The molecule has 1 saturated heterocycles. The molecule has 1 aliphatic carbocycles. The fourth-order valence-electron chi connectivity index (χ4n) is 5.28. The summed E-state index contributed by atoms with van der Waals surface area (Å²) in [5.41, 5.74) is 1.10. The maximum atomic E-state index is 13.3. The van der Waals surface area contributed by atoms with Crippen LogP contribution in [0.2, 0.25) is 0 Å². The van der Waals surface area contributed by atoms with Crippen LogP contribution in [-0.4, -0.2) is 72.3 Å². The summed E-state index contributed by atoms with van der Waals surface area (Å²) >= 11 is 0. The van der Waals surface area contributed by atoms with Gasteiger partial charge in [0, 0.05) is 39.8 Å². The van der Waals surface area contributed by atoms with E-state index in [4.69, 9.17) is 0 Å². The van der Waals surface area contributed by atoms with Crippen LogP contribution in [0.4, 0.5) is 0 Å². The Morgan fingerprint density at radius 2 is 1.67 bits per heavy atom. The van der Waals surface area contributed by atoms with Gasteiger partial charge < -0.3 is 9.80 Å². The van der Waals surface area contributed by atoms with Crippen molar-refractivity contribution in [1.82, 2.24) is 14.7 Å². The van der Waals surface area contributed by atoms with Crippen molar-refractivity contribution >= 4 is 11.8 Å². The van der Waals surface area contributed by atoms with Gasteiger partial charge in [0.15, 0.2) is 0 Å². The average Bonchev–Trinajstić information content (AvgIpc) is 3.30. The van der Waals surface area contributed by atoms with E-state index in [1.54, 1.807) is 0 Å². The molecule has 2 atom stereocenters. The molecule has 2 aliphatic rings. The van der Waals surface area contributed by atoms with Crippen LogP contribution in [0.25, 0.3) is 0 Å². The normalized spacial score (nSPS) is 20.2. The Balaban J connectivity index is 1.65. The summed E-state index contributed by atoms with van der Waals surface area (Å²) in [7, 11) is 1.94. The van der Waals surface area contributed by atoms with Crippen molar-refractivity contribution in [3.8, 4) is 0 Å². The van der Waals surface area contributed by atoms with Crippen molar-refractivity contribution in [2.75, 3.05) is 39.8 Å². The van der Waals surface area contributed by atoms with E-state index in [0.29, 0.717) is 5.92 Å². The summed E-state index contributed by atoms with van der Waals surface area (Å²) in [4.78, 5) is 32.8. The SMILES string of the molecule is CCCN(C)C(=O)C(C1CCCC1)N1CCN(C(=O)C(CC)c2ccccc2)CC1. The predicted octanol–water partition coefficient (Wildman–Crippen LogP) is 3.75. The number of carbonyl (C=O) groups excluding carboxylic acids is 2. The minimum atomic E-state index is -0.0688. The number of hydrogen-bond acceptors (Lipinski definition) is 3. The maximum Gasteiger partial charge on any atom is 0.239 e. The molecule has 0 bridgehead atoms. The monoisotopic (exact) mass is 413 g/mol. The van der Waals surface area contributed by atoms with E-state index < -0.39 is 0 Å². The van der Waals surface area contributed by atoms with Gasteiger partial charge in [0.1, 0.15) is 0 Å². The molecular formula is C25H39N3O2. The number of rotatable bonds is 8. The van der Waals surface area contributed by atoms with E-state index in [-0.39, 0.29) is 23.8 Å². The highest BCUT2D eigenvalue weighted by molar-refractivity contribution is 5.84. The molecule has 0 spiro atoms. The largest absolute Gasteiger partial charge is 0.344 e. The van der Waals surface area contributed by atoms with Crippen molar-refractivity contribution in [2.24, 2.45) is 5.92 Å². The third-order valence-electron chi connectivity index (χ3n) is 6.96. The van der Waals surface area contributed by atoms with Gasteiger partial charge in [-0.2, -0.15) is 0 Å². The third kappa shape index (κ3) is 5.23. The van der Waals surface area contributed by atoms with Gasteiger partial charge in [-0.05, 0) is 37.2 Å². The van der Waals surface area contributed by atoms with E-state index in [0.717, 1.165) is 64.0 Å². The van der Waals surface area contributed by atoms with Crippen LogP contribution >= 0.6 is 0 Å². The standard InChI is InChI=1S/C25H39N3O2/c1-4-15-26(3)25(30)23(21-13-9-10-14-21)27-16-18-28(19-17-27)24(29)22(5-2)20-11-7-6-8-12-20/h6-8,11-12,21-23H,4-5,9-10,13-19H2,1-3H3. The van der Waals surface area contributed by atoms with Crippen LogP contribution in [-0.2, 0) is 9.59 Å². The van der Waals surface area contributed by atoms with E-state index >= 15 is 0 Å². The summed E-state index contributed by atoms with van der Waals surface area (Å²) in [6, 6.07) is 10.1. The molecular weight excluding hydrogens is 374 g/mol. The molecule has 1 aromatic carbocycles. The van der Waals surface area contributed by atoms with E-state index in [2.05, 4.69) is 30.9 Å². The molecule has 30 heavy (non-hydrogen) atoms. The number of hydrogen-bond donors (Lipinski definition) is 0. The summed E-state index contributed by atoms with van der Waals surface area (Å²) in [6.07, 6.45) is 6.58. The molecule has 2 unspecified atom stereocenters. The second kappa shape index (κ2) is 10.9. The summed E-state index contributed by atoms with van der Waals surface area (Å²) in [6.45, 7) is 8.05. The highest BCUT2D eigenvalue weighted by Gasteiger charge is 2.39. The van der Waals surface area contributed by atoms with E-state index in [1.807, 2.05) is 35.0 Å². The third-order valence-corrected chi connectivity index (χ3v) is 6.96. The zero-order chi connectivity index (χ0) is 21.5. The van der Waals surface area contributed by atoms with Gasteiger partial charge in [-0.25, -0.2) is 0 Å². The van der Waals surface area contributed by atoms with Crippen LogP contribution in [0, 0.1) is 5.92 Å². The summed E-state index contributed by atoms with van der Waals surface area (Å²) in [5, 5.41) is 0. The molecule has 0 N–H and O–H groups in total. The van der Waals surface area contributed by atoms with Crippen molar-refractivity contribution in [3.63, 3.8) is 0 Å². The molecule has 1 aliphatic heterocycles. The number of carbonyl (C=O) groups is 2. The van der Waals surface area contributed by atoms with Gasteiger partial charge >= 0.3 is 0 Å². The van der Waals surface area contributed by atoms with Gasteiger partial charge in [0.2, 0.25) is 11.8 Å². The first-order valence-corrected chi connectivity index (χ1v) is 11.9. The minimum absolute atomic E-state index is 0.0163. The Labute approximate surface area is 182 Å².